The summed E-state index contributed by atoms with van der Waals surface area (Å²) in [7, 11) is 1.45. The number of carbonyl (C=O) groups excluding carboxylic acids is 1. The summed E-state index contributed by atoms with van der Waals surface area (Å²) in [4.78, 5) is 24.5. The van der Waals surface area contributed by atoms with Crippen molar-refractivity contribution < 1.29 is 19.4 Å². The van der Waals surface area contributed by atoms with Crippen molar-refractivity contribution in [1.82, 2.24) is 10.2 Å². The molecule has 0 aromatic rings. The van der Waals surface area contributed by atoms with Crippen molar-refractivity contribution in [2.24, 2.45) is 11.3 Å². The molecule has 1 saturated heterocycles. The fourth-order valence-corrected chi connectivity index (χ4v) is 2.40. The summed E-state index contributed by atoms with van der Waals surface area (Å²) in [6, 6.07) is -0.135. The molecule has 2 atom stereocenters. The molecule has 1 fully saturated rings. The normalized spacial score (nSPS) is 20.8. The van der Waals surface area contributed by atoms with Gasteiger partial charge in [0.2, 0.25) is 0 Å². The molecule has 6 nitrogen and oxygen atoms in total. The maximum atomic E-state index is 12.0. The second kappa shape index (κ2) is 6.92. The predicted octanol–water partition coefficient (Wildman–Crippen LogP) is 1.55. The van der Waals surface area contributed by atoms with Crippen LogP contribution in [0, 0.1) is 11.3 Å². The second-order valence-electron chi connectivity index (χ2n) is 6.44. The number of ether oxygens (including phenoxy) is 1. The number of methoxy groups -OCH3 is 1. The third-order valence-corrected chi connectivity index (χ3v) is 3.92. The number of hydrogen-bond donors (Lipinski definition) is 2. The van der Waals surface area contributed by atoms with E-state index < -0.39 is 12.1 Å². The highest BCUT2D eigenvalue weighted by atomic mass is 16.5. The minimum absolute atomic E-state index is 0.110. The zero-order valence-corrected chi connectivity index (χ0v) is 12.8. The van der Waals surface area contributed by atoms with Crippen molar-refractivity contribution in [2.45, 2.75) is 39.7 Å². The van der Waals surface area contributed by atoms with E-state index in [-0.39, 0.29) is 24.4 Å². The van der Waals surface area contributed by atoms with E-state index in [1.54, 1.807) is 4.90 Å². The maximum absolute atomic E-state index is 12.0. The van der Waals surface area contributed by atoms with Gasteiger partial charge in [-0.1, -0.05) is 20.8 Å². The largest absolute Gasteiger partial charge is 0.481 e. The van der Waals surface area contributed by atoms with Crippen molar-refractivity contribution >= 4 is 12.0 Å². The molecule has 2 N–H and O–H groups in total. The van der Waals surface area contributed by atoms with Crippen LogP contribution >= 0.6 is 0 Å². The standard InChI is InChI=1S/C14H26N2O4/c1-14(2,3)10-5-6-16(9-10)13(19)15-8-11(20-4)7-12(17)18/h10-11H,5-9H2,1-4H3,(H,15,19)(H,17,18). The summed E-state index contributed by atoms with van der Waals surface area (Å²) in [5, 5.41) is 11.5. The SMILES string of the molecule is COC(CNC(=O)N1CCC(C(C)(C)C)C1)CC(=O)O. The van der Waals surface area contributed by atoms with Gasteiger partial charge in [0.15, 0.2) is 0 Å². The van der Waals surface area contributed by atoms with Crippen molar-refractivity contribution in [2.75, 3.05) is 26.7 Å². The molecule has 1 aliphatic rings. The number of amides is 2. The number of hydrogen-bond acceptors (Lipinski definition) is 3. The topological polar surface area (TPSA) is 78.9 Å². The number of urea groups is 1. The van der Waals surface area contributed by atoms with Gasteiger partial charge in [0.25, 0.3) is 0 Å². The fourth-order valence-electron chi connectivity index (χ4n) is 2.40. The van der Waals surface area contributed by atoms with Crippen LogP contribution in [-0.2, 0) is 9.53 Å². The Morgan fingerprint density at radius 2 is 2.10 bits per heavy atom. The van der Waals surface area contributed by atoms with Crippen LogP contribution < -0.4 is 5.32 Å². The first-order valence-corrected chi connectivity index (χ1v) is 7.01. The van der Waals surface area contributed by atoms with Crippen LogP contribution in [0.25, 0.3) is 0 Å². The number of carboxylic acids is 1. The average molecular weight is 286 g/mol. The predicted molar refractivity (Wildman–Crippen MR) is 75.6 cm³/mol. The summed E-state index contributed by atoms with van der Waals surface area (Å²) in [5.41, 5.74) is 0.202. The zero-order valence-electron chi connectivity index (χ0n) is 12.8. The lowest BCUT2D eigenvalue weighted by Crippen LogP contribution is -2.43. The van der Waals surface area contributed by atoms with Crippen LogP contribution in [0.4, 0.5) is 4.79 Å². The number of aliphatic carboxylic acids is 1. The van der Waals surface area contributed by atoms with Crippen molar-refractivity contribution in [3.05, 3.63) is 0 Å². The van der Waals surface area contributed by atoms with Gasteiger partial charge in [-0.3, -0.25) is 4.79 Å². The van der Waals surface area contributed by atoms with E-state index >= 15 is 0 Å². The Bertz CT molecular complexity index is 352. The third-order valence-electron chi connectivity index (χ3n) is 3.92. The zero-order chi connectivity index (χ0) is 15.3. The van der Waals surface area contributed by atoms with E-state index in [1.165, 1.54) is 7.11 Å². The van der Waals surface area contributed by atoms with Gasteiger partial charge < -0.3 is 20.1 Å². The molecule has 0 bridgehead atoms. The second-order valence-corrected chi connectivity index (χ2v) is 6.44. The van der Waals surface area contributed by atoms with Gasteiger partial charge in [-0.05, 0) is 17.8 Å². The van der Waals surface area contributed by atoms with Crippen LogP contribution in [0.2, 0.25) is 0 Å². The van der Waals surface area contributed by atoms with Gasteiger partial charge in [0.1, 0.15) is 0 Å². The molecule has 1 aliphatic heterocycles. The minimum atomic E-state index is -0.930. The first-order chi connectivity index (χ1) is 9.24. The summed E-state index contributed by atoms with van der Waals surface area (Å²) in [6.45, 7) is 8.29. The molecule has 116 valence electrons. The Balaban J connectivity index is 2.39. The van der Waals surface area contributed by atoms with Crippen LogP contribution in [0.3, 0.4) is 0 Å². The molecular formula is C14H26N2O4. The molecule has 0 aromatic carbocycles. The number of rotatable bonds is 5. The summed E-state index contributed by atoms with van der Waals surface area (Å²) in [5.74, 6) is -0.425. The van der Waals surface area contributed by atoms with E-state index in [2.05, 4.69) is 26.1 Å². The van der Waals surface area contributed by atoms with Gasteiger partial charge >= 0.3 is 12.0 Å². The van der Waals surface area contributed by atoms with E-state index in [9.17, 15) is 9.59 Å². The molecule has 6 heteroatoms. The van der Waals surface area contributed by atoms with Crippen LogP contribution in [0.1, 0.15) is 33.6 Å². The highest BCUT2D eigenvalue weighted by Crippen LogP contribution is 2.33. The molecule has 1 heterocycles. The molecule has 0 radical (unpaired) electrons. The molecular weight excluding hydrogens is 260 g/mol. The molecule has 0 aliphatic carbocycles. The van der Waals surface area contributed by atoms with E-state index in [0.717, 1.165) is 19.5 Å². The Morgan fingerprint density at radius 3 is 2.55 bits per heavy atom. The van der Waals surface area contributed by atoms with Gasteiger partial charge in [-0.2, -0.15) is 0 Å². The first-order valence-electron chi connectivity index (χ1n) is 7.01. The minimum Gasteiger partial charge on any atom is -0.481 e. The quantitative estimate of drug-likeness (QED) is 0.804. The lowest BCUT2D eigenvalue weighted by atomic mass is 9.80. The molecule has 0 aromatic heterocycles. The smallest absolute Gasteiger partial charge is 0.317 e. The van der Waals surface area contributed by atoms with Crippen LogP contribution in [-0.4, -0.2) is 54.9 Å². The lowest BCUT2D eigenvalue weighted by Gasteiger charge is -2.27. The van der Waals surface area contributed by atoms with Gasteiger partial charge in [0, 0.05) is 26.7 Å². The third kappa shape index (κ3) is 5.00. The Kier molecular flexibility index (Phi) is 5.80. The van der Waals surface area contributed by atoms with Gasteiger partial charge in [-0.25, -0.2) is 4.79 Å². The summed E-state index contributed by atoms with van der Waals surface area (Å²) < 4.78 is 5.04. The highest BCUT2D eigenvalue weighted by molar-refractivity contribution is 5.74. The van der Waals surface area contributed by atoms with E-state index in [1.807, 2.05) is 0 Å². The lowest BCUT2D eigenvalue weighted by molar-refractivity contribution is -0.139. The number of carbonyl (C=O) groups is 2. The van der Waals surface area contributed by atoms with Gasteiger partial charge in [-0.15, -0.1) is 0 Å². The van der Waals surface area contributed by atoms with E-state index in [0.29, 0.717) is 5.92 Å². The first kappa shape index (κ1) is 16.8. The Hall–Kier alpha value is -1.30. The molecule has 2 amide bonds. The Labute approximate surface area is 120 Å². The number of nitrogens with zero attached hydrogens (tertiary/aromatic N) is 1. The fraction of sp³-hybridized carbons (Fsp3) is 0.857. The van der Waals surface area contributed by atoms with Crippen LogP contribution in [0.5, 0.6) is 0 Å². The number of carboxylic acid groups (broad SMARTS) is 1. The summed E-state index contributed by atoms with van der Waals surface area (Å²) >= 11 is 0. The Morgan fingerprint density at radius 1 is 1.45 bits per heavy atom. The number of likely N-dealkylation sites (tertiary alicyclic amines) is 1. The van der Waals surface area contributed by atoms with Crippen LogP contribution in [0.15, 0.2) is 0 Å². The average Bonchev–Trinajstić information content (AvgIpc) is 2.82. The summed E-state index contributed by atoms with van der Waals surface area (Å²) in [6.07, 6.45) is 0.415. The molecule has 0 spiro atoms. The highest BCUT2D eigenvalue weighted by Gasteiger charge is 2.33. The van der Waals surface area contributed by atoms with Crippen molar-refractivity contribution in [3.63, 3.8) is 0 Å². The van der Waals surface area contributed by atoms with E-state index in [4.69, 9.17) is 9.84 Å². The molecule has 20 heavy (non-hydrogen) atoms. The van der Waals surface area contributed by atoms with Gasteiger partial charge in [0.05, 0.1) is 12.5 Å². The number of nitrogens with one attached hydrogen (secondary N) is 1. The molecule has 2 unspecified atom stereocenters. The van der Waals surface area contributed by atoms with Crippen molar-refractivity contribution in [1.29, 1.82) is 0 Å². The monoisotopic (exact) mass is 286 g/mol. The maximum Gasteiger partial charge on any atom is 0.317 e. The molecule has 0 saturated carbocycles. The van der Waals surface area contributed by atoms with Crippen molar-refractivity contribution in [3.8, 4) is 0 Å². The molecule has 1 rings (SSSR count).